The van der Waals surface area contributed by atoms with Crippen LogP contribution in [0.4, 0.5) is 0 Å². The lowest BCUT2D eigenvalue weighted by molar-refractivity contribution is -0.121. The molecule has 1 aliphatic heterocycles. The summed E-state index contributed by atoms with van der Waals surface area (Å²) in [4.78, 5) is 11.5. The molecular weight excluding hydrogens is 218 g/mol. The van der Waals surface area contributed by atoms with Gasteiger partial charge in [-0.05, 0) is 36.6 Å². The van der Waals surface area contributed by atoms with Gasteiger partial charge in [-0.2, -0.15) is 0 Å². The van der Waals surface area contributed by atoms with Crippen LogP contribution in [0.1, 0.15) is 30.5 Å². The van der Waals surface area contributed by atoms with E-state index in [0.29, 0.717) is 17.9 Å². The molecule has 2 rings (SSSR count). The molecule has 4 heteroatoms. The summed E-state index contributed by atoms with van der Waals surface area (Å²) in [6, 6.07) is 3.93. The van der Waals surface area contributed by atoms with Crippen molar-refractivity contribution in [2.75, 3.05) is 14.2 Å². The van der Waals surface area contributed by atoms with Gasteiger partial charge in [-0.3, -0.25) is 4.79 Å². The SMILES string of the molecule is COc1cc2c(cc1OC)C(C)NC(=O)CC2. The van der Waals surface area contributed by atoms with E-state index < -0.39 is 0 Å². The van der Waals surface area contributed by atoms with Crippen molar-refractivity contribution in [2.24, 2.45) is 0 Å². The van der Waals surface area contributed by atoms with Gasteiger partial charge in [0.2, 0.25) is 5.91 Å². The molecule has 0 saturated carbocycles. The van der Waals surface area contributed by atoms with Gasteiger partial charge in [-0.15, -0.1) is 0 Å². The molecule has 0 saturated heterocycles. The second-order valence-electron chi connectivity index (χ2n) is 4.20. The molecule has 0 bridgehead atoms. The summed E-state index contributed by atoms with van der Waals surface area (Å²) < 4.78 is 10.6. The number of fused-ring (bicyclic) bond motifs is 1. The molecular formula is C13H17NO3. The maximum absolute atomic E-state index is 11.5. The third kappa shape index (κ3) is 2.20. The van der Waals surface area contributed by atoms with Crippen molar-refractivity contribution in [3.8, 4) is 11.5 Å². The van der Waals surface area contributed by atoms with E-state index in [9.17, 15) is 4.79 Å². The van der Waals surface area contributed by atoms with E-state index >= 15 is 0 Å². The zero-order valence-electron chi connectivity index (χ0n) is 10.4. The van der Waals surface area contributed by atoms with E-state index in [0.717, 1.165) is 17.5 Å². The second-order valence-corrected chi connectivity index (χ2v) is 4.20. The average molecular weight is 235 g/mol. The lowest BCUT2D eigenvalue weighted by atomic mass is 9.99. The van der Waals surface area contributed by atoms with Gasteiger partial charge >= 0.3 is 0 Å². The normalized spacial score (nSPS) is 19.0. The molecule has 92 valence electrons. The van der Waals surface area contributed by atoms with Crippen molar-refractivity contribution in [3.63, 3.8) is 0 Å². The van der Waals surface area contributed by atoms with E-state index in [4.69, 9.17) is 9.47 Å². The first-order chi connectivity index (χ1) is 8.15. The Morgan fingerprint density at radius 3 is 2.47 bits per heavy atom. The summed E-state index contributed by atoms with van der Waals surface area (Å²) in [5.41, 5.74) is 2.25. The first-order valence-electron chi connectivity index (χ1n) is 5.70. The van der Waals surface area contributed by atoms with E-state index in [-0.39, 0.29) is 11.9 Å². The standard InChI is InChI=1S/C13H17NO3/c1-8-10-7-12(17-3)11(16-2)6-9(10)4-5-13(15)14-8/h6-8H,4-5H2,1-3H3,(H,14,15). The van der Waals surface area contributed by atoms with Crippen LogP contribution < -0.4 is 14.8 Å². The number of methoxy groups -OCH3 is 2. The molecule has 0 aliphatic carbocycles. The Morgan fingerprint density at radius 1 is 1.18 bits per heavy atom. The highest BCUT2D eigenvalue weighted by Crippen LogP contribution is 2.34. The number of ether oxygens (including phenoxy) is 2. The van der Waals surface area contributed by atoms with Crippen molar-refractivity contribution in [2.45, 2.75) is 25.8 Å². The third-order valence-electron chi connectivity index (χ3n) is 3.11. The van der Waals surface area contributed by atoms with Crippen LogP contribution >= 0.6 is 0 Å². The van der Waals surface area contributed by atoms with Gasteiger partial charge in [0.15, 0.2) is 11.5 Å². The Kier molecular flexibility index (Phi) is 3.22. The van der Waals surface area contributed by atoms with Crippen LogP contribution in [0, 0.1) is 0 Å². The minimum Gasteiger partial charge on any atom is -0.493 e. The van der Waals surface area contributed by atoms with E-state index in [1.54, 1.807) is 14.2 Å². The Morgan fingerprint density at radius 2 is 1.82 bits per heavy atom. The highest BCUT2D eigenvalue weighted by Gasteiger charge is 2.21. The van der Waals surface area contributed by atoms with Gasteiger partial charge < -0.3 is 14.8 Å². The molecule has 1 aromatic carbocycles. The average Bonchev–Trinajstić information content (AvgIpc) is 2.47. The molecule has 0 aromatic heterocycles. The van der Waals surface area contributed by atoms with Crippen LogP contribution in [0.3, 0.4) is 0 Å². The largest absolute Gasteiger partial charge is 0.493 e. The highest BCUT2D eigenvalue weighted by molar-refractivity contribution is 5.77. The molecule has 1 unspecified atom stereocenters. The zero-order chi connectivity index (χ0) is 12.4. The highest BCUT2D eigenvalue weighted by atomic mass is 16.5. The summed E-state index contributed by atoms with van der Waals surface area (Å²) in [6.45, 7) is 1.98. The Hall–Kier alpha value is -1.71. The number of carbonyl (C=O) groups is 1. The van der Waals surface area contributed by atoms with Crippen molar-refractivity contribution >= 4 is 5.91 Å². The molecule has 1 atom stereocenters. The van der Waals surface area contributed by atoms with Crippen LogP contribution in [0.25, 0.3) is 0 Å². The molecule has 1 aliphatic rings. The lowest BCUT2D eigenvalue weighted by Gasteiger charge is -2.17. The fraction of sp³-hybridized carbons (Fsp3) is 0.462. The van der Waals surface area contributed by atoms with Gasteiger partial charge in [0, 0.05) is 6.42 Å². The molecule has 1 amide bonds. The van der Waals surface area contributed by atoms with E-state index in [2.05, 4.69) is 5.32 Å². The third-order valence-corrected chi connectivity index (χ3v) is 3.11. The number of amides is 1. The van der Waals surface area contributed by atoms with Crippen molar-refractivity contribution < 1.29 is 14.3 Å². The smallest absolute Gasteiger partial charge is 0.220 e. The first-order valence-corrected chi connectivity index (χ1v) is 5.70. The predicted octanol–water partition coefficient (Wildman–Crippen LogP) is 1.83. The number of hydrogen-bond donors (Lipinski definition) is 1. The Balaban J connectivity index is 2.48. The monoisotopic (exact) mass is 235 g/mol. The molecule has 1 aromatic rings. The fourth-order valence-electron chi connectivity index (χ4n) is 2.20. The maximum Gasteiger partial charge on any atom is 0.220 e. The van der Waals surface area contributed by atoms with Crippen LogP contribution in [0.5, 0.6) is 11.5 Å². The topological polar surface area (TPSA) is 47.6 Å². The minimum absolute atomic E-state index is 0.0137. The van der Waals surface area contributed by atoms with E-state index in [1.807, 2.05) is 19.1 Å². The first kappa shape index (κ1) is 11.8. The second kappa shape index (κ2) is 4.65. The van der Waals surface area contributed by atoms with Gasteiger partial charge in [0.1, 0.15) is 0 Å². The maximum atomic E-state index is 11.5. The number of nitrogens with one attached hydrogen (secondary N) is 1. The lowest BCUT2D eigenvalue weighted by Crippen LogP contribution is -2.24. The predicted molar refractivity (Wildman–Crippen MR) is 64.4 cm³/mol. The van der Waals surface area contributed by atoms with E-state index in [1.165, 1.54) is 0 Å². The molecule has 0 radical (unpaired) electrons. The van der Waals surface area contributed by atoms with Crippen molar-refractivity contribution in [3.05, 3.63) is 23.3 Å². The molecule has 17 heavy (non-hydrogen) atoms. The van der Waals surface area contributed by atoms with Gasteiger partial charge in [-0.1, -0.05) is 0 Å². The van der Waals surface area contributed by atoms with Crippen LogP contribution in [0.15, 0.2) is 12.1 Å². The van der Waals surface area contributed by atoms with Gasteiger partial charge in [0.25, 0.3) is 0 Å². The number of rotatable bonds is 2. The number of benzene rings is 1. The fourth-order valence-corrected chi connectivity index (χ4v) is 2.20. The summed E-state index contributed by atoms with van der Waals surface area (Å²) >= 11 is 0. The molecule has 4 nitrogen and oxygen atoms in total. The number of carbonyl (C=O) groups excluding carboxylic acids is 1. The van der Waals surface area contributed by atoms with Crippen molar-refractivity contribution in [1.82, 2.24) is 5.32 Å². The van der Waals surface area contributed by atoms with Gasteiger partial charge in [-0.25, -0.2) is 0 Å². The summed E-state index contributed by atoms with van der Waals surface area (Å²) in [5, 5.41) is 2.95. The number of aryl methyl sites for hydroxylation is 1. The summed E-state index contributed by atoms with van der Waals surface area (Å²) in [6.07, 6.45) is 1.26. The Bertz CT molecular complexity index is 443. The Labute approximate surface area is 101 Å². The zero-order valence-corrected chi connectivity index (χ0v) is 10.4. The summed E-state index contributed by atoms with van der Waals surface area (Å²) in [5.74, 6) is 1.51. The van der Waals surface area contributed by atoms with Crippen LogP contribution in [0.2, 0.25) is 0 Å². The molecule has 0 fully saturated rings. The van der Waals surface area contributed by atoms with Crippen LogP contribution in [-0.2, 0) is 11.2 Å². The minimum atomic E-state index is 0.0137. The quantitative estimate of drug-likeness (QED) is 0.850. The van der Waals surface area contributed by atoms with Crippen LogP contribution in [-0.4, -0.2) is 20.1 Å². The summed E-state index contributed by atoms with van der Waals surface area (Å²) in [7, 11) is 3.23. The van der Waals surface area contributed by atoms with Gasteiger partial charge in [0.05, 0.1) is 20.3 Å². The molecule has 0 spiro atoms. The number of hydrogen-bond acceptors (Lipinski definition) is 3. The molecule has 1 N–H and O–H groups in total. The van der Waals surface area contributed by atoms with Crippen molar-refractivity contribution in [1.29, 1.82) is 0 Å². The molecule has 1 heterocycles.